The summed E-state index contributed by atoms with van der Waals surface area (Å²) in [6, 6.07) is 2.34. The third-order valence-corrected chi connectivity index (χ3v) is 2.54. The van der Waals surface area contributed by atoms with E-state index in [1.807, 2.05) is 6.07 Å². The summed E-state index contributed by atoms with van der Waals surface area (Å²) in [5, 5.41) is 4.22. The minimum Gasteiger partial charge on any atom is -0.310 e. The molecule has 78 valence electrons. The first-order valence-electron chi connectivity index (χ1n) is 5.12. The summed E-state index contributed by atoms with van der Waals surface area (Å²) in [7, 11) is 0. The Morgan fingerprint density at radius 3 is 2.86 bits per heavy atom. The molecule has 3 heteroatoms. The molecular weight excluding hydrogens is 196 g/mol. The molecule has 0 bridgehead atoms. The predicted molar refractivity (Wildman–Crippen MR) is 60.6 cm³/mol. The SMILES string of the molecule is CCCNC(CC)c1ccncc1Cl. The average Bonchev–Trinajstić information content (AvgIpc) is 2.21. The summed E-state index contributed by atoms with van der Waals surface area (Å²) >= 11 is 6.07. The summed E-state index contributed by atoms with van der Waals surface area (Å²) < 4.78 is 0. The van der Waals surface area contributed by atoms with Gasteiger partial charge in [-0.25, -0.2) is 0 Å². The highest BCUT2D eigenvalue weighted by atomic mass is 35.5. The van der Waals surface area contributed by atoms with Crippen molar-refractivity contribution in [2.45, 2.75) is 32.7 Å². The van der Waals surface area contributed by atoms with Crippen LogP contribution in [-0.2, 0) is 0 Å². The quantitative estimate of drug-likeness (QED) is 0.811. The standard InChI is InChI=1S/C11H17ClN2/c1-3-6-14-11(4-2)9-5-7-13-8-10(9)12/h5,7-8,11,14H,3-4,6H2,1-2H3. The first kappa shape index (κ1) is 11.5. The molecule has 1 unspecified atom stereocenters. The Morgan fingerprint density at radius 1 is 1.50 bits per heavy atom. The third kappa shape index (κ3) is 2.96. The van der Waals surface area contributed by atoms with Gasteiger partial charge in [-0.2, -0.15) is 0 Å². The highest BCUT2D eigenvalue weighted by Gasteiger charge is 2.10. The lowest BCUT2D eigenvalue weighted by Crippen LogP contribution is -2.21. The van der Waals surface area contributed by atoms with Crippen LogP contribution in [0.3, 0.4) is 0 Å². The van der Waals surface area contributed by atoms with Crippen molar-refractivity contribution >= 4 is 11.6 Å². The summed E-state index contributed by atoms with van der Waals surface area (Å²) in [5.74, 6) is 0. The monoisotopic (exact) mass is 212 g/mol. The van der Waals surface area contributed by atoms with Gasteiger partial charge in [-0.15, -0.1) is 0 Å². The Bertz CT molecular complexity index is 276. The van der Waals surface area contributed by atoms with E-state index in [1.54, 1.807) is 12.4 Å². The van der Waals surface area contributed by atoms with Gasteiger partial charge in [-0.1, -0.05) is 25.4 Å². The van der Waals surface area contributed by atoms with Crippen molar-refractivity contribution in [1.82, 2.24) is 10.3 Å². The minimum atomic E-state index is 0.352. The van der Waals surface area contributed by atoms with E-state index < -0.39 is 0 Å². The molecular formula is C11H17ClN2. The predicted octanol–water partition coefficient (Wildman–Crippen LogP) is 3.19. The van der Waals surface area contributed by atoms with Crippen molar-refractivity contribution in [3.8, 4) is 0 Å². The van der Waals surface area contributed by atoms with Crippen LogP contribution in [0.1, 0.15) is 38.3 Å². The van der Waals surface area contributed by atoms with Gasteiger partial charge in [0.15, 0.2) is 0 Å². The lowest BCUT2D eigenvalue weighted by molar-refractivity contribution is 0.518. The second-order valence-corrected chi connectivity index (χ2v) is 3.72. The molecule has 0 aliphatic carbocycles. The number of rotatable bonds is 5. The van der Waals surface area contributed by atoms with Crippen LogP contribution >= 0.6 is 11.6 Å². The highest BCUT2D eigenvalue weighted by Crippen LogP contribution is 2.23. The molecule has 1 heterocycles. The first-order chi connectivity index (χ1) is 6.79. The Balaban J connectivity index is 2.73. The Labute approximate surface area is 90.7 Å². The number of hydrogen-bond donors (Lipinski definition) is 1. The molecule has 0 fully saturated rings. The summed E-state index contributed by atoms with van der Waals surface area (Å²) in [6.07, 6.45) is 5.67. The zero-order chi connectivity index (χ0) is 10.4. The Morgan fingerprint density at radius 2 is 2.29 bits per heavy atom. The van der Waals surface area contributed by atoms with Gasteiger partial charge in [0.2, 0.25) is 0 Å². The van der Waals surface area contributed by atoms with Crippen LogP contribution in [-0.4, -0.2) is 11.5 Å². The number of hydrogen-bond acceptors (Lipinski definition) is 2. The molecule has 0 aromatic carbocycles. The second kappa shape index (κ2) is 5.99. The molecule has 1 atom stereocenters. The summed E-state index contributed by atoms with van der Waals surface area (Å²) in [5.41, 5.74) is 1.15. The molecule has 0 radical (unpaired) electrons. The van der Waals surface area contributed by atoms with Crippen molar-refractivity contribution in [2.75, 3.05) is 6.54 Å². The van der Waals surface area contributed by atoms with Gasteiger partial charge in [0, 0.05) is 18.4 Å². The van der Waals surface area contributed by atoms with Gasteiger partial charge >= 0.3 is 0 Å². The number of aromatic nitrogens is 1. The normalized spacial score (nSPS) is 12.8. The fourth-order valence-electron chi connectivity index (χ4n) is 1.46. The topological polar surface area (TPSA) is 24.9 Å². The van der Waals surface area contributed by atoms with E-state index in [4.69, 9.17) is 11.6 Å². The molecule has 2 nitrogen and oxygen atoms in total. The zero-order valence-corrected chi connectivity index (χ0v) is 9.51. The van der Waals surface area contributed by atoms with Crippen LogP contribution in [0, 0.1) is 0 Å². The van der Waals surface area contributed by atoms with Crippen molar-refractivity contribution in [3.63, 3.8) is 0 Å². The molecule has 0 spiro atoms. The molecule has 0 aliphatic rings. The van der Waals surface area contributed by atoms with Gasteiger partial charge in [0.25, 0.3) is 0 Å². The maximum atomic E-state index is 6.07. The van der Waals surface area contributed by atoms with Gasteiger partial charge < -0.3 is 5.32 Å². The molecule has 0 saturated carbocycles. The van der Waals surface area contributed by atoms with E-state index >= 15 is 0 Å². The Kier molecular flexibility index (Phi) is 4.91. The van der Waals surface area contributed by atoms with Crippen LogP contribution in [0.25, 0.3) is 0 Å². The third-order valence-electron chi connectivity index (χ3n) is 2.23. The Hall–Kier alpha value is -0.600. The number of nitrogens with one attached hydrogen (secondary N) is 1. The molecule has 1 aromatic rings. The van der Waals surface area contributed by atoms with E-state index in [9.17, 15) is 0 Å². The minimum absolute atomic E-state index is 0.352. The van der Waals surface area contributed by atoms with Crippen LogP contribution in [0.15, 0.2) is 18.5 Å². The van der Waals surface area contributed by atoms with E-state index in [2.05, 4.69) is 24.1 Å². The van der Waals surface area contributed by atoms with Crippen molar-refractivity contribution < 1.29 is 0 Å². The van der Waals surface area contributed by atoms with Gasteiger partial charge in [0.1, 0.15) is 0 Å². The van der Waals surface area contributed by atoms with Crippen molar-refractivity contribution in [3.05, 3.63) is 29.0 Å². The molecule has 1 rings (SSSR count). The van der Waals surface area contributed by atoms with E-state index in [-0.39, 0.29) is 0 Å². The van der Waals surface area contributed by atoms with Gasteiger partial charge in [-0.05, 0) is 31.0 Å². The van der Waals surface area contributed by atoms with E-state index in [1.165, 1.54) is 0 Å². The zero-order valence-electron chi connectivity index (χ0n) is 8.76. The maximum Gasteiger partial charge on any atom is 0.0637 e. The van der Waals surface area contributed by atoms with Crippen LogP contribution in [0.4, 0.5) is 0 Å². The number of nitrogens with zero attached hydrogens (tertiary/aromatic N) is 1. The lowest BCUT2D eigenvalue weighted by Gasteiger charge is -2.17. The molecule has 1 N–H and O–H groups in total. The second-order valence-electron chi connectivity index (χ2n) is 3.31. The first-order valence-corrected chi connectivity index (χ1v) is 5.50. The van der Waals surface area contributed by atoms with Crippen molar-refractivity contribution in [1.29, 1.82) is 0 Å². The van der Waals surface area contributed by atoms with Crippen LogP contribution in [0.2, 0.25) is 5.02 Å². The molecule has 0 aliphatic heterocycles. The average molecular weight is 213 g/mol. The molecule has 0 amide bonds. The largest absolute Gasteiger partial charge is 0.310 e. The van der Waals surface area contributed by atoms with Crippen LogP contribution in [0.5, 0.6) is 0 Å². The van der Waals surface area contributed by atoms with E-state index in [0.29, 0.717) is 6.04 Å². The van der Waals surface area contributed by atoms with Gasteiger partial charge in [-0.3, -0.25) is 4.98 Å². The summed E-state index contributed by atoms with van der Waals surface area (Å²) in [6.45, 7) is 5.34. The highest BCUT2D eigenvalue weighted by molar-refractivity contribution is 6.31. The maximum absolute atomic E-state index is 6.07. The molecule has 14 heavy (non-hydrogen) atoms. The summed E-state index contributed by atoms with van der Waals surface area (Å²) in [4.78, 5) is 3.98. The number of pyridine rings is 1. The lowest BCUT2D eigenvalue weighted by atomic mass is 10.1. The molecule has 0 saturated heterocycles. The fraction of sp³-hybridized carbons (Fsp3) is 0.545. The van der Waals surface area contributed by atoms with Crippen molar-refractivity contribution in [2.24, 2.45) is 0 Å². The fourth-order valence-corrected chi connectivity index (χ4v) is 1.71. The van der Waals surface area contributed by atoms with Crippen LogP contribution < -0.4 is 5.32 Å². The van der Waals surface area contributed by atoms with Gasteiger partial charge in [0.05, 0.1) is 5.02 Å². The number of halogens is 1. The smallest absolute Gasteiger partial charge is 0.0637 e. The van der Waals surface area contributed by atoms with E-state index in [0.717, 1.165) is 30.0 Å². The molecule has 1 aromatic heterocycles.